The number of halogens is 1. The number of benzene rings is 10. The van der Waals surface area contributed by atoms with Gasteiger partial charge in [0, 0.05) is 59.2 Å². The largest absolute Gasteiger partial charge is 0.456 e. The molecule has 14 rings (SSSR count). The van der Waals surface area contributed by atoms with E-state index >= 15 is 0 Å². The molecule has 1 aliphatic rings. The van der Waals surface area contributed by atoms with Crippen LogP contribution in [0.3, 0.4) is 0 Å². The standard InChI is InChI=1S/C64H41BrN4O/c1-64(2)54-31-25-42(41-10-7-11-44(33-41)48-14-8-15-52-59-47-12-4-3-9-38(47)26-32-56(59)66-60(48)52)34-53(54)49-29-23-43(35-55(49)64)37-17-19-39(20-18-37)61-67-62(40-21-27-46(65)28-22-40)69-63(68-61)45-24-30-51-50-13-5-6-16-57(50)70-58(51)36-45/h3-36,66H,1-2H3. The average Bonchev–Trinajstić information content (AvgIpc) is 4.06. The summed E-state index contributed by atoms with van der Waals surface area (Å²) in [5.41, 5.74) is 18.8. The quantitative estimate of drug-likeness (QED) is 0.180. The van der Waals surface area contributed by atoms with Gasteiger partial charge in [-0.1, -0.05) is 181 Å². The number of furan rings is 1. The first kappa shape index (κ1) is 40.6. The maximum Gasteiger partial charge on any atom is 0.164 e. The fourth-order valence-corrected chi connectivity index (χ4v) is 11.2. The van der Waals surface area contributed by atoms with Gasteiger partial charge in [0.2, 0.25) is 0 Å². The average molecular weight is 962 g/mol. The van der Waals surface area contributed by atoms with Crippen molar-refractivity contribution in [2.24, 2.45) is 0 Å². The van der Waals surface area contributed by atoms with Crippen LogP contribution in [0.15, 0.2) is 215 Å². The van der Waals surface area contributed by atoms with Crippen molar-refractivity contribution < 1.29 is 4.42 Å². The Labute approximate surface area is 412 Å². The van der Waals surface area contributed by atoms with Crippen LogP contribution in [0.4, 0.5) is 0 Å². The second-order valence-corrected chi connectivity index (χ2v) is 19.9. The zero-order valence-corrected chi connectivity index (χ0v) is 39.8. The maximum absolute atomic E-state index is 6.26. The molecule has 0 aliphatic heterocycles. The fourth-order valence-electron chi connectivity index (χ4n) is 11.0. The molecule has 0 atom stereocenters. The minimum absolute atomic E-state index is 0.174. The highest BCUT2D eigenvalue weighted by molar-refractivity contribution is 9.10. The van der Waals surface area contributed by atoms with E-state index in [2.05, 4.69) is 192 Å². The molecule has 1 N–H and O–H groups in total. The monoisotopic (exact) mass is 960 g/mol. The van der Waals surface area contributed by atoms with E-state index in [4.69, 9.17) is 19.4 Å². The summed E-state index contributed by atoms with van der Waals surface area (Å²) < 4.78 is 7.26. The van der Waals surface area contributed by atoms with E-state index in [-0.39, 0.29) is 5.41 Å². The van der Waals surface area contributed by atoms with Gasteiger partial charge in [-0.3, -0.25) is 0 Å². The van der Waals surface area contributed by atoms with Gasteiger partial charge in [-0.15, -0.1) is 0 Å². The van der Waals surface area contributed by atoms with Gasteiger partial charge < -0.3 is 9.40 Å². The smallest absolute Gasteiger partial charge is 0.164 e. The summed E-state index contributed by atoms with van der Waals surface area (Å²) in [7, 11) is 0. The molecule has 13 aromatic rings. The molecule has 0 fully saturated rings. The number of nitrogens with one attached hydrogen (secondary N) is 1. The van der Waals surface area contributed by atoms with E-state index in [0.717, 1.165) is 54.2 Å². The van der Waals surface area contributed by atoms with E-state index in [1.165, 1.54) is 77.1 Å². The van der Waals surface area contributed by atoms with E-state index in [9.17, 15) is 0 Å². The van der Waals surface area contributed by atoms with Gasteiger partial charge in [-0.05, 0) is 115 Å². The Morgan fingerprint density at radius 1 is 0.400 bits per heavy atom. The molecule has 6 heteroatoms. The summed E-state index contributed by atoms with van der Waals surface area (Å²) >= 11 is 3.58. The van der Waals surface area contributed by atoms with E-state index in [0.29, 0.717) is 17.5 Å². The predicted octanol–water partition coefficient (Wildman–Crippen LogP) is 17.6. The van der Waals surface area contributed by atoms with Gasteiger partial charge in [0.05, 0.1) is 5.52 Å². The molecule has 0 saturated carbocycles. The van der Waals surface area contributed by atoms with Crippen LogP contribution in [-0.4, -0.2) is 19.9 Å². The molecule has 0 saturated heterocycles. The lowest BCUT2D eigenvalue weighted by Crippen LogP contribution is -2.15. The highest BCUT2D eigenvalue weighted by Gasteiger charge is 2.36. The Morgan fingerprint density at radius 2 is 1.01 bits per heavy atom. The van der Waals surface area contributed by atoms with Crippen LogP contribution in [0.25, 0.3) is 133 Å². The minimum Gasteiger partial charge on any atom is -0.456 e. The van der Waals surface area contributed by atoms with Crippen molar-refractivity contribution >= 4 is 70.4 Å². The topological polar surface area (TPSA) is 67.6 Å². The van der Waals surface area contributed by atoms with Gasteiger partial charge >= 0.3 is 0 Å². The lowest BCUT2D eigenvalue weighted by Gasteiger charge is -2.22. The molecule has 1 aliphatic carbocycles. The Balaban J connectivity index is 0.789. The second-order valence-electron chi connectivity index (χ2n) is 19.0. The van der Waals surface area contributed by atoms with Gasteiger partial charge in [0.1, 0.15) is 11.2 Å². The van der Waals surface area contributed by atoms with Gasteiger partial charge in [0.25, 0.3) is 0 Å². The van der Waals surface area contributed by atoms with Crippen LogP contribution < -0.4 is 0 Å². The lowest BCUT2D eigenvalue weighted by molar-refractivity contribution is 0.660. The molecule has 0 bridgehead atoms. The molecule has 10 aromatic carbocycles. The molecule has 3 heterocycles. The first-order chi connectivity index (χ1) is 34.3. The van der Waals surface area contributed by atoms with Crippen molar-refractivity contribution in [1.82, 2.24) is 19.9 Å². The second kappa shape index (κ2) is 15.5. The van der Waals surface area contributed by atoms with Gasteiger partial charge in [-0.2, -0.15) is 0 Å². The van der Waals surface area contributed by atoms with Gasteiger partial charge in [0.15, 0.2) is 17.5 Å². The maximum atomic E-state index is 6.26. The first-order valence-electron chi connectivity index (χ1n) is 23.7. The summed E-state index contributed by atoms with van der Waals surface area (Å²) in [6.07, 6.45) is 0. The first-order valence-corrected chi connectivity index (χ1v) is 24.5. The molecular formula is C64H41BrN4O. The highest BCUT2D eigenvalue weighted by atomic mass is 79.9. The third-order valence-corrected chi connectivity index (χ3v) is 15.1. The zero-order chi connectivity index (χ0) is 46.7. The molecule has 0 radical (unpaired) electrons. The summed E-state index contributed by atoms with van der Waals surface area (Å²) in [4.78, 5) is 18.9. The molecule has 3 aromatic heterocycles. The number of H-pyrrole nitrogens is 1. The van der Waals surface area contributed by atoms with E-state index in [1.54, 1.807) is 0 Å². The number of fused-ring (bicyclic) bond motifs is 11. The molecule has 330 valence electrons. The third-order valence-electron chi connectivity index (χ3n) is 14.6. The van der Waals surface area contributed by atoms with Crippen molar-refractivity contribution in [3.05, 3.63) is 222 Å². The van der Waals surface area contributed by atoms with Crippen LogP contribution in [-0.2, 0) is 5.41 Å². The highest BCUT2D eigenvalue weighted by Crippen LogP contribution is 2.51. The molecule has 70 heavy (non-hydrogen) atoms. The number of nitrogens with zero attached hydrogens (tertiary/aromatic N) is 3. The molecule has 5 nitrogen and oxygen atoms in total. The normalized spacial score (nSPS) is 12.9. The summed E-state index contributed by atoms with van der Waals surface area (Å²) in [5, 5.41) is 7.20. The van der Waals surface area contributed by atoms with Crippen molar-refractivity contribution in [3.8, 4) is 78.7 Å². The van der Waals surface area contributed by atoms with E-state index in [1.807, 2.05) is 48.5 Å². The Morgan fingerprint density at radius 3 is 1.84 bits per heavy atom. The molecular weight excluding hydrogens is 921 g/mol. The number of hydrogen-bond acceptors (Lipinski definition) is 4. The van der Waals surface area contributed by atoms with Crippen LogP contribution >= 0.6 is 15.9 Å². The van der Waals surface area contributed by atoms with Crippen LogP contribution in [0.1, 0.15) is 25.0 Å². The minimum atomic E-state index is -0.174. The van der Waals surface area contributed by atoms with Crippen molar-refractivity contribution in [1.29, 1.82) is 0 Å². The van der Waals surface area contributed by atoms with Crippen LogP contribution in [0.2, 0.25) is 0 Å². The van der Waals surface area contributed by atoms with Gasteiger partial charge in [-0.25, -0.2) is 15.0 Å². The fraction of sp³-hybridized carbons (Fsp3) is 0.0469. The summed E-state index contributed by atoms with van der Waals surface area (Å²) in [6, 6.07) is 73.7. The van der Waals surface area contributed by atoms with Crippen molar-refractivity contribution in [2.45, 2.75) is 19.3 Å². The number of rotatable bonds is 6. The molecule has 0 unspecified atom stereocenters. The number of aromatic amines is 1. The molecule has 0 spiro atoms. The lowest BCUT2D eigenvalue weighted by atomic mass is 9.81. The third kappa shape index (κ3) is 6.48. The SMILES string of the molecule is CC1(C)c2ccc(-c3cccc(-c4cccc5c4[nH]c4ccc6ccccc6c45)c3)cc2-c2ccc(-c3ccc(-c4nc(-c5ccc(Br)cc5)nc(-c5ccc6c(c5)oc5ccccc56)n4)cc3)cc21. The van der Waals surface area contributed by atoms with E-state index < -0.39 is 0 Å². The van der Waals surface area contributed by atoms with Crippen LogP contribution in [0.5, 0.6) is 0 Å². The Kier molecular flexibility index (Phi) is 9.01. The number of para-hydroxylation sites is 2. The summed E-state index contributed by atoms with van der Waals surface area (Å²) in [5.74, 6) is 1.80. The predicted molar refractivity (Wildman–Crippen MR) is 292 cm³/mol. The Hall–Kier alpha value is -8.45. The van der Waals surface area contributed by atoms with Crippen LogP contribution in [0, 0.1) is 0 Å². The number of hydrogen-bond donors (Lipinski definition) is 1. The summed E-state index contributed by atoms with van der Waals surface area (Å²) in [6.45, 7) is 4.70. The van der Waals surface area contributed by atoms with Crippen molar-refractivity contribution in [3.63, 3.8) is 0 Å². The number of aromatic nitrogens is 4. The zero-order valence-electron chi connectivity index (χ0n) is 38.3. The Bertz CT molecular complexity index is 4280. The molecule has 0 amide bonds. The van der Waals surface area contributed by atoms with Crippen molar-refractivity contribution in [2.75, 3.05) is 0 Å².